The normalized spacial score (nSPS) is 19.9. The van der Waals surface area contributed by atoms with E-state index in [-0.39, 0.29) is 37.2 Å². The number of halogens is 1. The SMILES string of the molecule is C[C@H](c1nccs1)N(C)C(=O)C[C@]1(c2cccc(F)c2)CC(=O)N(CCN(C)C)C1=O. The van der Waals surface area contributed by atoms with Crippen LogP contribution in [-0.2, 0) is 19.8 Å². The summed E-state index contributed by atoms with van der Waals surface area (Å²) in [5, 5.41) is 2.61. The first-order valence-corrected chi connectivity index (χ1v) is 10.9. The summed E-state index contributed by atoms with van der Waals surface area (Å²) in [6.07, 6.45) is 1.30. The number of benzene rings is 1. The van der Waals surface area contributed by atoms with Crippen LogP contribution in [0, 0.1) is 5.82 Å². The Bertz CT molecular complexity index is 965. The van der Waals surface area contributed by atoms with Crippen LogP contribution in [0.25, 0.3) is 0 Å². The van der Waals surface area contributed by atoms with E-state index in [9.17, 15) is 18.8 Å². The monoisotopic (exact) mass is 446 g/mol. The van der Waals surface area contributed by atoms with Crippen LogP contribution in [0.5, 0.6) is 0 Å². The fraction of sp³-hybridized carbons (Fsp3) is 0.455. The zero-order valence-corrected chi connectivity index (χ0v) is 19.0. The Morgan fingerprint density at radius 3 is 2.68 bits per heavy atom. The topological polar surface area (TPSA) is 73.8 Å². The van der Waals surface area contributed by atoms with Crippen LogP contribution in [0.2, 0.25) is 0 Å². The van der Waals surface area contributed by atoms with Crippen LogP contribution >= 0.6 is 11.3 Å². The Kier molecular flexibility index (Phi) is 6.86. The minimum absolute atomic E-state index is 0.159. The van der Waals surface area contributed by atoms with Gasteiger partial charge in [-0.25, -0.2) is 9.37 Å². The van der Waals surface area contributed by atoms with E-state index in [1.807, 2.05) is 31.3 Å². The molecule has 0 unspecified atom stereocenters. The highest BCUT2D eigenvalue weighted by atomic mass is 32.1. The molecule has 1 aliphatic rings. The van der Waals surface area contributed by atoms with E-state index in [2.05, 4.69) is 4.98 Å². The molecule has 1 fully saturated rings. The summed E-state index contributed by atoms with van der Waals surface area (Å²) >= 11 is 1.44. The van der Waals surface area contributed by atoms with Gasteiger partial charge in [-0.05, 0) is 38.7 Å². The van der Waals surface area contributed by atoms with Crippen molar-refractivity contribution in [3.8, 4) is 0 Å². The van der Waals surface area contributed by atoms with Crippen molar-refractivity contribution in [3.05, 3.63) is 52.2 Å². The van der Waals surface area contributed by atoms with Gasteiger partial charge in [0.2, 0.25) is 17.7 Å². The minimum Gasteiger partial charge on any atom is -0.337 e. The van der Waals surface area contributed by atoms with Gasteiger partial charge in [-0.1, -0.05) is 12.1 Å². The number of likely N-dealkylation sites (N-methyl/N-ethyl adjacent to an activating group) is 1. The number of imide groups is 1. The zero-order chi connectivity index (χ0) is 22.8. The number of nitrogens with zero attached hydrogens (tertiary/aromatic N) is 4. The number of likely N-dealkylation sites (tertiary alicyclic amines) is 1. The maximum absolute atomic E-state index is 14.1. The van der Waals surface area contributed by atoms with Gasteiger partial charge in [0.05, 0.1) is 11.5 Å². The lowest BCUT2D eigenvalue weighted by atomic mass is 9.75. The largest absolute Gasteiger partial charge is 0.337 e. The quantitative estimate of drug-likeness (QED) is 0.583. The molecule has 1 aliphatic heterocycles. The van der Waals surface area contributed by atoms with E-state index in [0.717, 1.165) is 5.01 Å². The van der Waals surface area contributed by atoms with Crippen molar-refractivity contribution in [2.75, 3.05) is 34.2 Å². The van der Waals surface area contributed by atoms with Crippen molar-refractivity contribution in [1.29, 1.82) is 0 Å². The highest BCUT2D eigenvalue weighted by Crippen LogP contribution is 2.41. The van der Waals surface area contributed by atoms with Crippen LogP contribution in [0.4, 0.5) is 4.39 Å². The number of aromatic nitrogens is 1. The molecule has 1 aromatic carbocycles. The molecule has 1 saturated heterocycles. The predicted octanol–water partition coefficient (Wildman–Crippen LogP) is 2.45. The highest BCUT2D eigenvalue weighted by Gasteiger charge is 2.54. The summed E-state index contributed by atoms with van der Waals surface area (Å²) in [6, 6.07) is 5.35. The van der Waals surface area contributed by atoms with Gasteiger partial charge >= 0.3 is 0 Å². The second kappa shape index (κ2) is 9.23. The molecule has 3 amide bonds. The van der Waals surface area contributed by atoms with Crippen molar-refractivity contribution < 1.29 is 18.8 Å². The Balaban J connectivity index is 1.93. The first-order valence-electron chi connectivity index (χ1n) is 10.1. The second-order valence-electron chi connectivity index (χ2n) is 8.15. The summed E-state index contributed by atoms with van der Waals surface area (Å²) in [7, 11) is 5.35. The molecule has 0 N–H and O–H groups in total. The van der Waals surface area contributed by atoms with E-state index in [0.29, 0.717) is 12.1 Å². The van der Waals surface area contributed by atoms with Crippen LogP contribution in [0.1, 0.15) is 36.4 Å². The summed E-state index contributed by atoms with van der Waals surface area (Å²) in [5.74, 6) is -1.61. The first-order chi connectivity index (χ1) is 14.7. The van der Waals surface area contributed by atoms with Gasteiger partial charge < -0.3 is 9.80 Å². The second-order valence-corrected chi connectivity index (χ2v) is 9.08. The smallest absolute Gasteiger partial charge is 0.240 e. The van der Waals surface area contributed by atoms with Crippen molar-refractivity contribution in [3.63, 3.8) is 0 Å². The molecule has 2 atom stereocenters. The molecule has 1 aromatic heterocycles. The molecule has 7 nitrogen and oxygen atoms in total. The number of carbonyl (C=O) groups is 3. The van der Waals surface area contributed by atoms with Gasteiger partial charge in [0.15, 0.2) is 0 Å². The number of hydrogen-bond donors (Lipinski definition) is 0. The molecule has 2 aromatic rings. The van der Waals surface area contributed by atoms with Crippen LogP contribution < -0.4 is 0 Å². The van der Waals surface area contributed by atoms with Gasteiger partial charge in [0.25, 0.3) is 0 Å². The van der Waals surface area contributed by atoms with E-state index in [1.54, 1.807) is 19.3 Å². The number of thiazole rings is 1. The third-order valence-corrected chi connectivity index (χ3v) is 6.74. The Hall–Kier alpha value is -2.65. The fourth-order valence-electron chi connectivity index (χ4n) is 3.78. The average molecular weight is 447 g/mol. The van der Waals surface area contributed by atoms with Crippen LogP contribution in [-0.4, -0.2) is 71.6 Å². The third kappa shape index (κ3) is 4.67. The maximum Gasteiger partial charge on any atom is 0.240 e. The van der Waals surface area contributed by atoms with Crippen LogP contribution in [0.3, 0.4) is 0 Å². The summed E-state index contributed by atoms with van der Waals surface area (Å²) in [5.41, 5.74) is -1.07. The average Bonchev–Trinajstić information content (AvgIpc) is 3.33. The number of carbonyl (C=O) groups excluding carboxylic acids is 3. The number of amides is 3. The molecule has 0 aliphatic carbocycles. The van der Waals surface area contributed by atoms with Crippen LogP contribution in [0.15, 0.2) is 35.8 Å². The van der Waals surface area contributed by atoms with E-state index in [4.69, 9.17) is 0 Å². The van der Waals surface area contributed by atoms with E-state index in [1.165, 1.54) is 39.3 Å². The van der Waals surface area contributed by atoms with Crippen molar-refractivity contribution in [1.82, 2.24) is 19.7 Å². The molecule has 0 spiro atoms. The number of rotatable bonds is 8. The maximum atomic E-state index is 14.1. The number of hydrogen-bond acceptors (Lipinski definition) is 6. The van der Waals surface area contributed by atoms with Gasteiger partial charge in [-0.2, -0.15) is 0 Å². The molecule has 0 saturated carbocycles. The molecular weight excluding hydrogens is 419 g/mol. The molecule has 2 heterocycles. The molecular formula is C22H27FN4O3S. The lowest BCUT2D eigenvalue weighted by molar-refractivity contribution is -0.143. The lowest BCUT2D eigenvalue weighted by Crippen LogP contribution is -2.44. The van der Waals surface area contributed by atoms with Crippen molar-refractivity contribution in [2.24, 2.45) is 0 Å². The molecule has 0 radical (unpaired) electrons. The minimum atomic E-state index is -1.42. The van der Waals surface area contributed by atoms with Crippen molar-refractivity contribution in [2.45, 2.75) is 31.2 Å². The summed E-state index contributed by atoms with van der Waals surface area (Å²) in [6.45, 7) is 2.59. The molecule has 31 heavy (non-hydrogen) atoms. The molecule has 0 bridgehead atoms. The zero-order valence-electron chi connectivity index (χ0n) is 18.2. The van der Waals surface area contributed by atoms with Crippen molar-refractivity contribution >= 4 is 29.1 Å². The Morgan fingerprint density at radius 1 is 1.32 bits per heavy atom. The Morgan fingerprint density at radius 2 is 2.06 bits per heavy atom. The van der Waals surface area contributed by atoms with E-state index >= 15 is 0 Å². The van der Waals surface area contributed by atoms with Gasteiger partial charge in [-0.3, -0.25) is 19.3 Å². The third-order valence-electron chi connectivity index (χ3n) is 5.79. The lowest BCUT2D eigenvalue weighted by Gasteiger charge is -2.31. The molecule has 3 rings (SSSR count). The fourth-order valence-corrected chi connectivity index (χ4v) is 4.52. The highest BCUT2D eigenvalue weighted by molar-refractivity contribution is 7.09. The molecule has 166 valence electrons. The standard InChI is InChI=1S/C22H27FN4O3S/c1-15(20-24-8-11-31-20)26(4)18(28)13-22(16-6-5-7-17(23)12-16)14-19(29)27(21(22)30)10-9-25(2)3/h5-8,11-12,15H,9-10,13-14H2,1-4H3/t15-,22-/m1/s1. The summed E-state index contributed by atoms with van der Waals surface area (Å²) < 4.78 is 14.1. The van der Waals surface area contributed by atoms with Gasteiger partial charge in [0.1, 0.15) is 10.8 Å². The van der Waals surface area contributed by atoms with E-state index < -0.39 is 17.1 Å². The van der Waals surface area contributed by atoms with Gasteiger partial charge in [0, 0.05) is 44.6 Å². The molecule has 9 heteroatoms. The Labute approximate surface area is 185 Å². The first kappa shape index (κ1) is 23.0. The van der Waals surface area contributed by atoms with Gasteiger partial charge in [-0.15, -0.1) is 11.3 Å². The summed E-state index contributed by atoms with van der Waals surface area (Å²) in [4.78, 5) is 48.4. The predicted molar refractivity (Wildman–Crippen MR) is 116 cm³/mol.